The third-order valence-electron chi connectivity index (χ3n) is 3.79. The van der Waals surface area contributed by atoms with Gasteiger partial charge >= 0.3 is 5.97 Å². The normalized spacial score (nSPS) is 11.6. The van der Waals surface area contributed by atoms with Crippen LogP contribution in [-0.2, 0) is 9.53 Å². The highest BCUT2D eigenvalue weighted by molar-refractivity contribution is 8.00. The minimum Gasteiger partial charge on any atom is -0.492 e. The van der Waals surface area contributed by atoms with E-state index in [1.807, 2.05) is 24.3 Å². The molecule has 1 amide bonds. The molecule has 0 N–H and O–H groups in total. The van der Waals surface area contributed by atoms with Crippen LogP contribution in [0, 0.1) is 0 Å². The van der Waals surface area contributed by atoms with Gasteiger partial charge in [-0.2, -0.15) is 0 Å². The summed E-state index contributed by atoms with van der Waals surface area (Å²) in [6.45, 7) is 2.51. The van der Waals surface area contributed by atoms with Crippen molar-refractivity contribution in [3.63, 3.8) is 0 Å². The molecular formula is C20H22ClNO4S. The molecular weight excluding hydrogens is 386 g/mol. The van der Waals surface area contributed by atoms with Crippen molar-refractivity contribution < 1.29 is 19.1 Å². The van der Waals surface area contributed by atoms with Crippen LogP contribution < -0.4 is 4.74 Å². The zero-order valence-corrected chi connectivity index (χ0v) is 17.0. The van der Waals surface area contributed by atoms with E-state index in [1.165, 1.54) is 18.9 Å². The molecule has 1 atom stereocenters. The number of halogens is 1. The quantitative estimate of drug-likeness (QED) is 0.486. The molecule has 144 valence electrons. The Morgan fingerprint density at radius 3 is 2.63 bits per heavy atom. The smallest absolute Gasteiger partial charge is 0.318 e. The van der Waals surface area contributed by atoms with Gasteiger partial charge in [0.1, 0.15) is 17.6 Å². The molecule has 2 rings (SSSR count). The van der Waals surface area contributed by atoms with Gasteiger partial charge in [0.15, 0.2) is 0 Å². The van der Waals surface area contributed by atoms with Crippen LogP contribution in [0.2, 0.25) is 5.02 Å². The molecule has 1 unspecified atom stereocenters. The summed E-state index contributed by atoms with van der Waals surface area (Å²) in [5.74, 6) is 0.196. The molecule has 0 fully saturated rings. The molecule has 0 radical (unpaired) electrons. The summed E-state index contributed by atoms with van der Waals surface area (Å²) < 4.78 is 10.4. The molecule has 0 aliphatic heterocycles. The van der Waals surface area contributed by atoms with Gasteiger partial charge in [0, 0.05) is 17.0 Å². The van der Waals surface area contributed by atoms with Crippen molar-refractivity contribution >= 4 is 35.2 Å². The average molecular weight is 408 g/mol. The van der Waals surface area contributed by atoms with Gasteiger partial charge in [-0.1, -0.05) is 29.8 Å². The van der Waals surface area contributed by atoms with Crippen LogP contribution in [0.15, 0.2) is 53.4 Å². The number of thioether (sulfide) groups is 1. The molecule has 0 aliphatic rings. The Balaban J connectivity index is 1.98. The van der Waals surface area contributed by atoms with Crippen LogP contribution in [0.3, 0.4) is 0 Å². The van der Waals surface area contributed by atoms with E-state index in [0.717, 1.165) is 4.90 Å². The van der Waals surface area contributed by atoms with E-state index in [2.05, 4.69) is 0 Å². The number of methoxy groups -OCH3 is 1. The number of nitrogens with zero attached hydrogens (tertiary/aromatic N) is 1. The van der Waals surface area contributed by atoms with Gasteiger partial charge in [0.25, 0.3) is 5.91 Å². The lowest BCUT2D eigenvalue weighted by Crippen LogP contribution is -2.31. The number of likely N-dealkylation sites (N-methyl/N-ethyl adjacent to an activating group) is 1. The Bertz CT molecular complexity index is 799. The summed E-state index contributed by atoms with van der Waals surface area (Å²) in [7, 11) is 3.07. The van der Waals surface area contributed by atoms with Gasteiger partial charge in [-0.05, 0) is 37.3 Å². The number of esters is 1. The van der Waals surface area contributed by atoms with Crippen molar-refractivity contribution in [3.8, 4) is 5.75 Å². The minimum atomic E-state index is -0.402. The molecule has 0 aromatic heterocycles. The predicted octanol–water partition coefficient (Wildman–Crippen LogP) is 4.14. The van der Waals surface area contributed by atoms with E-state index in [-0.39, 0.29) is 11.9 Å². The van der Waals surface area contributed by atoms with Crippen molar-refractivity contribution in [1.82, 2.24) is 4.90 Å². The Hall–Kier alpha value is -2.18. The summed E-state index contributed by atoms with van der Waals surface area (Å²) >= 11 is 7.23. The van der Waals surface area contributed by atoms with Gasteiger partial charge in [0.05, 0.1) is 19.2 Å². The SMILES string of the molecule is COC(=O)C(C)Sc1ccccc1C(=O)N(C)CCOc1cccc(Cl)c1. The molecule has 5 nitrogen and oxygen atoms in total. The highest BCUT2D eigenvalue weighted by Gasteiger charge is 2.20. The molecule has 0 aliphatic carbocycles. The molecule has 27 heavy (non-hydrogen) atoms. The van der Waals surface area contributed by atoms with Crippen LogP contribution in [0.4, 0.5) is 0 Å². The maximum absolute atomic E-state index is 12.8. The first kappa shape index (κ1) is 21.1. The highest BCUT2D eigenvalue weighted by Crippen LogP contribution is 2.28. The first-order chi connectivity index (χ1) is 12.9. The second-order valence-electron chi connectivity index (χ2n) is 5.81. The summed E-state index contributed by atoms with van der Waals surface area (Å²) in [6, 6.07) is 14.3. The number of amides is 1. The topological polar surface area (TPSA) is 55.8 Å². The standard InChI is InChI=1S/C20H22ClNO4S/c1-14(20(24)25-3)27-18-10-5-4-9-17(18)19(23)22(2)11-12-26-16-8-6-7-15(21)13-16/h4-10,13-14H,11-12H2,1-3H3. The second kappa shape index (κ2) is 10.2. The number of benzene rings is 2. The van der Waals surface area contributed by atoms with Gasteiger partial charge in [0.2, 0.25) is 0 Å². The maximum Gasteiger partial charge on any atom is 0.318 e. The second-order valence-corrected chi connectivity index (χ2v) is 7.63. The summed E-state index contributed by atoms with van der Waals surface area (Å²) in [5, 5.41) is 0.197. The van der Waals surface area contributed by atoms with Crippen molar-refractivity contribution in [2.75, 3.05) is 27.3 Å². The van der Waals surface area contributed by atoms with E-state index in [0.29, 0.717) is 29.5 Å². The van der Waals surface area contributed by atoms with Crippen LogP contribution in [0.1, 0.15) is 17.3 Å². The van der Waals surface area contributed by atoms with E-state index >= 15 is 0 Å². The summed E-state index contributed by atoms with van der Waals surface area (Å²) in [4.78, 5) is 26.8. The number of carbonyl (C=O) groups excluding carboxylic acids is 2. The number of hydrogen-bond donors (Lipinski definition) is 0. The Morgan fingerprint density at radius 2 is 1.93 bits per heavy atom. The van der Waals surface area contributed by atoms with Crippen LogP contribution in [0.25, 0.3) is 0 Å². The fourth-order valence-electron chi connectivity index (χ4n) is 2.31. The number of hydrogen-bond acceptors (Lipinski definition) is 5. The van der Waals surface area contributed by atoms with Crippen molar-refractivity contribution in [1.29, 1.82) is 0 Å². The largest absolute Gasteiger partial charge is 0.492 e. The average Bonchev–Trinajstić information content (AvgIpc) is 2.67. The lowest BCUT2D eigenvalue weighted by atomic mass is 10.2. The molecule has 2 aromatic carbocycles. The molecule has 7 heteroatoms. The Morgan fingerprint density at radius 1 is 1.19 bits per heavy atom. The molecule has 0 spiro atoms. The van der Waals surface area contributed by atoms with E-state index in [1.54, 1.807) is 43.1 Å². The van der Waals surface area contributed by atoms with Crippen molar-refractivity contribution in [2.45, 2.75) is 17.1 Å². The first-order valence-corrected chi connectivity index (χ1v) is 9.65. The van der Waals surface area contributed by atoms with Crippen LogP contribution in [-0.4, -0.2) is 49.3 Å². The van der Waals surface area contributed by atoms with E-state index < -0.39 is 5.25 Å². The first-order valence-electron chi connectivity index (χ1n) is 8.39. The van der Waals surface area contributed by atoms with Crippen LogP contribution >= 0.6 is 23.4 Å². The molecule has 0 bridgehead atoms. The van der Waals surface area contributed by atoms with Gasteiger partial charge in [-0.25, -0.2) is 0 Å². The van der Waals surface area contributed by atoms with Crippen molar-refractivity contribution in [3.05, 3.63) is 59.1 Å². The number of carbonyl (C=O) groups is 2. The highest BCUT2D eigenvalue weighted by atomic mass is 35.5. The Labute approximate surface area is 168 Å². The monoisotopic (exact) mass is 407 g/mol. The third kappa shape index (κ3) is 6.19. The number of rotatable bonds is 8. The summed E-state index contributed by atoms with van der Waals surface area (Å²) in [5.41, 5.74) is 0.545. The number of ether oxygens (including phenoxy) is 2. The molecule has 0 saturated carbocycles. The van der Waals surface area contributed by atoms with Crippen molar-refractivity contribution in [2.24, 2.45) is 0 Å². The molecule has 0 saturated heterocycles. The zero-order valence-electron chi connectivity index (χ0n) is 15.5. The predicted molar refractivity (Wildman–Crippen MR) is 108 cm³/mol. The van der Waals surface area contributed by atoms with Gasteiger partial charge < -0.3 is 14.4 Å². The lowest BCUT2D eigenvalue weighted by molar-refractivity contribution is -0.139. The van der Waals surface area contributed by atoms with Crippen LogP contribution in [0.5, 0.6) is 5.75 Å². The van der Waals surface area contributed by atoms with E-state index in [9.17, 15) is 9.59 Å². The molecule has 2 aromatic rings. The maximum atomic E-state index is 12.8. The fourth-order valence-corrected chi connectivity index (χ4v) is 3.51. The minimum absolute atomic E-state index is 0.134. The van der Waals surface area contributed by atoms with Gasteiger partial charge in [-0.3, -0.25) is 9.59 Å². The van der Waals surface area contributed by atoms with Gasteiger partial charge in [-0.15, -0.1) is 11.8 Å². The molecule has 0 heterocycles. The fraction of sp³-hybridized carbons (Fsp3) is 0.300. The lowest BCUT2D eigenvalue weighted by Gasteiger charge is -2.20. The Kier molecular flexibility index (Phi) is 8.00. The van der Waals surface area contributed by atoms with E-state index in [4.69, 9.17) is 21.1 Å². The third-order valence-corrected chi connectivity index (χ3v) is 5.18. The zero-order chi connectivity index (χ0) is 19.8. The summed E-state index contributed by atoms with van der Waals surface area (Å²) in [6.07, 6.45) is 0.